The van der Waals surface area contributed by atoms with Gasteiger partial charge in [-0.3, -0.25) is 0 Å². The average molecular weight is 207 g/mol. The summed E-state index contributed by atoms with van der Waals surface area (Å²) < 4.78 is 2.13. The van der Waals surface area contributed by atoms with Gasteiger partial charge >= 0.3 is 0 Å². The van der Waals surface area contributed by atoms with Gasteiger partial charge < -0.3 is 9.88 Å². The smallest absolute Gasteiger partial charge is 0.0945 e. The van der Waals surface area contributed by atoms with Gasteiger partial charge in [0.15, 0.2) is 0 Å². The molecule has 15 heavy (non-hydrogen) atoms. The second kappa shape index (κ2) is 4.35. The summed E-state index contributed by atoms with van der Waals surface area (Å²) in [7, 11) is 0. The lowest BCUT2D eigenvalue weighted by molar-refractivity contribution is 0.504. The number of imidazole rings is 1. The summed E-state index contributed by atoms with van der Waals surface area (Å²) in [5.41, 5.74) is 0.608. The quantitative estimate of drug-likeness (QED) is 0.722. The van der Waals surface area contributed by atoms with Crippen molar-refractivity contribution >= 4 is 0 Å². The molecule has 0 aromatic carbocycles. The van der Waals surface area contributed by atoms with E-state index in [-0.39, 0.29) is 0 Å². The summed E-state index contributed by atoms with van der Waals surface area (Å²) in [5, 5.41) is 3.53. The lowest BCUT2D eigenvalue weighted by Gasteiger charge is -2.06. The van der Waals surface area contributed by atoms with Crippen LogP contribution in [0.1, 0.15) is 26.7 Å². The van der Waals surface area contributed by atoms with Gasteiger partial charge in [-0.2, -0.15) is 0 Å². The molecule has 1 N–H and O–H groups in total. The molecule has 0 saturated heterocycles. The molecule has 1 atom stereocenters. The fourth-order valence-electron chi connectivity index (χ4n) is 2.01. The van der Waals surface area contributed by atoms with E-state index in [2.05, 4.69) is 28.7 Å². The van der Waals surface area contributed by atoms with Crippen LogP contribution in [0.3, 0.4) is 0 Å². The molecule has 84 valence electrons. The van der Waals surface area contributed by atoms with Gasteiger partial charge in [0.05, 0.1) is 6.33 Å². The number of aryl methyl sites for hydroxylation is 1. The van der Waals surface area contributed by atoms with Crippen molar-refractivity contribution in [3.8, 4) is 0 Å². The standard InChI is InChI=1S/C12H21N3/c1-12(2)8-11(12)9-13-4-3-6-15-7-5-14-10-15/h5,7,10-11,13H,3-4,6,8-9H2,1-2H3. The molecule has 0 spiro atoms. The van der Waals surface area contributed by atoms with Crippen LogP contribution in [0.2, 0.25) is 0 Å². The Kier molecular flexibility index (Phi) is 3.10. The first kappa shape index (κ1) is 10.7. The second-order valence-corrected chi connectivity index (χ2v) is 5.25. The van der Waals surface area contributed by atoms with Crippen molar-refractivity contribution in [1.29, 1.82) is 0 Å². The molecular weight excluding hydrogens is 186 g/mol. The molecule has 1 aliphatic carbocycles. The van der Waals surface area contributed by atoms with Gasteiger partial charge in [0.2, 0.25) is 0 Å². The minimum atomic E-state index is 0.608. The zero-order valence-electron chi connectivity index (χ0n) is 9.74. The van der Waals surface area contributed by atoms with Gasteiger partial charge in [-0.25, -0.2) is 4.98 Å². The van der Waals surface area contributed by atoms with E-state index in [4.69, 9.17) is 0 Å². The first-order chi connectivity index (χ1) is 7.18. The molecule has 1 aliphatic rings. The van der Waals surface area contributed by atoms with Crippen LogP contribution in [0.5, 0.6) is 0 Å². The van der Waals surface area contributed by atoms with Crippen molar-refractivity contribution in [2.45, 2.75) is 33.2 Å². The van der Waals surface area contributed by atoms with Crippen molar-refractivity contribution in [3.05, 3.63) is 18.7 Å². The summed E-state index contributed by atoms with van der Waals surface area (Å²) in [5.74, 6) is 0.908. The molecule has 0 bridgehead atoms. The Bertz CT molecular complexity index is 290. The summed E-state index contributed by atoms with van der Waals surface area (Å²) >= 11 is 0. The highest BCUT2D eigenvalue weighted by molar-refractivity contribution is 4.95. The van der Waals surface area contributed by atoms with E-state index >= 15 is 0 Å². The molecule has 0 radical (unpaired) electrons. The monoisotopic (exact) mass is 207 g/mol. The van der Waals surface area contributed by atoms with Crippen LogP contribution in [-0.2, 0) is 6.54 Å². The fraction of sp³-hybridized carbons (Fsp3) is 0.750. The molecule has 1 aromatic heterocycles. The van der Waals surface area contributed by atoms with Crippen molar-refractivity contribution in [2.75, 3.05) is 13.1 Å². The van der Waals surface area contributed by atoms with E-state index in [0.717, 1.165) is 19.0 Å². The predicted octanol–water partition coefficient (Wildman–Crippen LogP) is 1.91. The number of nitrogens with one attached hydrogen (secondary N) is 1. The van der Waals surface area contributed by atoms with Crippen LogP contribution in [0.25, 0.3) is 0 Å². The Hall–Kier alpha value is -0.830. The van der Waals surface area contributed by atoms with Gasteiger partial charge in [0.25, 0.3) is 0 Å². The highest BCUT2D eigenvalue weighted by atomic mass is 15.0. The Morgan fingerprint density at radius 1 is 1.53 bits per heavy atom. The first-order valence-corrected chi connectivity index (χ1v) is 5.85. The second-order valence-electron chi connectivity index (χ2n) is 5.25. The van der Waals surface area contributed by atoms with Crippen molar-refractivity contribution < 1.29 is 0 Å². The minimum Gasteiger partial charge on any atom is -0.337 e. The molecule has 1 unspecified atom stereocenters. The van der Waals surface area contributed by atoms with E-state index in [1.54, 1.807) is 0 Å². The van der Waals surface area contributed by atoms with Gasteiger partial charge in [0.1, 0.15) is 0 Å². The van der Waals surface area contributed by atoms with Crippen LogP contribution in [0.15, 0.2) is 18.7 Å². The predicted molar refractivity (Wildman–Crippen MR) is 61.6 cm³/mol. The Labute approximate surface area is 91.9 Å². The molecule has 3 nitrogen and oxygen atoms in total. The maximum Gasteiger partial charge on any atom is 0.0945 e. The molecule has 2 rings (SSSR count). The van der Waals surface area contributed by atoms with Crippen molar-refractivity contribution in [1.82, 2.24) is 14.9 Å². The third-order valence-electron chi connectivity index (χ3n) is 3.44. The fourth-order valence-corrected chi connectivity index (χ4v) is 2.01. The minimum absolute atomic E-state index is 0.608. The Balaban J connectivity index is 1.50. The SMILES string of the molecule is CC1(C)CC1CNCCCn1ccnc1. The van der Waals surface area contributed by atoms with Crippen LogP contribution >= 0.6 is 0 Å². The van der Waals surface area contributed by atoms with Crippen molar-refractivity contribution in [2.24, 2.45) is 11.3 Å². The van der Waals surface area contributed by atoms with E-state index in [1.807, 2.05) is 18.7 Å². The van der Waals surface area contributed by atoms with Crippen LogP contribution in [0.4, 0.5) is 0 Å². The largest absolute Gasteiger partial charge is 0.337 e. The van der Waals surface area contributed by atoms with Gasteiger partial charge in [0, 0.05) is 18.9 Å². The van der Waals surface area contributed by atoms with Crippen LogP contribution < -0.4 is 5.32 Å². The molecular formula is C12H21N3. The molecule has 0 amide bonds. The van der Waals surface area contributed by atoms with E-state index in [0.29, 0.717) is 5.41 Å². The van der Waals surface area contributed by atoms with Gasteiger partial charge in [-0.15, -0.1) is 0 Å². The summed E-state index contributed by atoms with van der Waals surface area (Å²) in [4.78, 5) is 4.02. The number of hydrogen-bond donors (Lipinski definition) is 1. The molecule has 0 aliphatic heterocycles. The highest BCUT2D eigenvalue weighted by Crippen LogP contribution is 2.50. The average Bonchev–Trinajstić information content (AvgIpc) is 2.66. The highest BCUT2D eigenvalue weighted by Gasteiger charge is 2.44. The molecule has 1 fully saturated rings. The summed E-state index contributed by atoms with van der Waals surface area (Å²) in [6.07, 6.45) is 8.30. The van der Waals surface area contributed by atoms with Gasteiger partial charge in [-0.1, -0.05) is 13.8 Å². The number of hydrogen-bond acceptors (Lipinski definition) is 2. The first-order valence-electron chi connectivity index (χ1n) is 5.85. The summed E-state index contributed by atoms with van der Waals surface area (Å²) in [6.45, 7) is 8.08. The summed E-state index contributed by atoms with van der Waals surface area (Å²) in [6, 6.07) is 0. The molecule has 3 heteroatoms. The Morgan fingerprint density at radius 3 is 2.93 bits per heavy atom. The topological polar surface area (TPSA) is 29.9 Å². The molecule has 1 heterocycles. The third-order valence-corrected chi connectivity index (χ3v) is 3.44. The van der Waals surface area contributed by atoms with E-state index in [9.17, 15) is 0 Å². The van der Waals surface area contributed by atoms with Crippen molar-refractivity contribution in [3.63, 3.8) is 0 Å². The van der Waals surface area contributed by atoms with Crippen LogP contribution in [0, 0.1) is 11.3 Å². The van der Waals surface area contributed by atoms with E-state index < -0.39 is 0 Å². The zero-order chi connectivity index (χ0) is 10.7. The normalized spacial score (nSPS) is 22.9. The zero-order valence-corrected chi connectivity index (χ0v) is 9.74. The van der Waals surface area contributed by atoms with Crippen LogP contribution in [-0.4, -0.2) is 22.6 Å². The maximum atomic E-state index is 4.02. The lowest BCUT2D eigenvalue weighted by Crippen LogP contribution is -2.20. The third kappa shape index (κ3) is 3.06. The number of nitrogens with zero attached hydrogens (tertiary/aromatic N) is 2. The Morgan fingerprint density at radius 2 is 2.33 bits per heavy atom. The van der Waals surface area contributed by atoms with E-state index in [1.165, 1.54) is 19.4 Å². The molecule has 1 aromatic rings. The maximum absolute atomic E-state index is 4.02. The number of aromatic nitrogens is 2. The molecule has 1 saturated carbocycles. The van der Waals surface area contributed by atoms with Gasteiger partial charge in [-0.05, 0) is 37.3 Å². The lowest BCUT2D eigenvalue weighted by atomic mass is 10.1. The number of rotatable bonds is 6.